The van der Waals surface area contributed by atoms with Gasteiger partial charge in [0.2, 0.25) is 5.82 Å². The van der Waals surface area contributed by atoms with Crippen molar-refractivity contribution >= 4 is 23.4 Å². The zero-order valence-corrected chi connectivity index (χ0v) is 17.5. The smallest absolute Gasteiger partial charge is 0.406 e. The highest BCUT2D eigenvalue weighted by atomic mass is 19.4. The topological polar surface area (TPSA) is 118 Å². The van der Waals surface area contributed by atoms with Crippen molar-refractivity contribution in [2.24, 2.45) is 0 Å². The highest BCUT2D eigenvalue weighted by Gasteiger charge is 2.31. The van der Waals surface area contributed by atoms with E-state index < -0.39 is 24.1 Å². The third kappa shape index (κ3) is 8.30. The van der Waals surface area contributed by atoms with Crippen LogP contribution >= 0.6 is 0 Å². The molecule has 174 valence electrons. The molecule has 0 radical (unpaired) electrons. The molecule has 0 bridgehead atoms. The van der Waals surface area contributed by atoms with E-state index in [-0.39, 0.29) is 30.5 Å². The molecule has 0 aliphatic heterocycles. The van der Waals surface area contributed by atoms with Crippen molar-refractivity contribution < 1.29 is 32.6 Å². The average molecular weight is 455 g/mol. The highest BCUT2D eigenvalue weighted by Crippen LogP contribution is 2.24. The molecule has 3 amide bonds. The Balaban J connectivity index is 2.06. The lowest BCUT2D eigenvalue weighted by Gasteiger charge is -2.10. The van der Waals surface area contributed by atoms with Gasteiger partial charge in [-0.1, -0.05) is 11.6 Å². The van der Waals surface area contributed by atoms with Crippen LogP contribution in [0.1, 0.15) is 30.9 Å². The summed E-state index contributed by atoms with van der Waals surface area (Å²) in [4.78, 5) is 28.8. The van der Waals surface area contributed by atoms with E-state index in [4.69, 9.17) is 5.11 Å². The molecule has 0 spiro atoms. The number of rotatable bonds is 9. The summed E-state index contributed by atoms with van der Waals surface area (Å²) in [6, 6.07) is 3.91. The zero-order valence-electron chi connectivity index (χ0n) is 17.5. The van der Waals surface area contributed by atoms with Crippen molar-refractivity contribution in [3.8, 4) is 5.75 Å². The molecule has 12 heteroatoms. The summed E-state index contributed by atoms with van der Waals surface area (Å²) >= 11 is 0. The van der Waals surface area contributed by atoms with Crippen molar-refractivity contribution in [1.82, 2.24) is 14.9 Å². The van der Waals surface area contributed by atoms with E-state index in [1.165, 1.54) is 18.3 Å². The molecular weight excluding hydrogens is 431 g/mol. The van der Waals surface area contributed by atoms with E-state index >= 15 is 0 Å². The Bertz CT molecular complexity index is 951. The summed E-state index contributed by atoms with van der Waals surface area (Å²) in [5, 5.41) is 16.4. The molecule has 0 aliphatic carbocycles. The summed E-state index contributed by atoms with van der Waals surface area (Å²) in [5.74, 6) is -0.703. The second-order valence-electron chi connectivity index (χ2n) is 6.87. The first-order valence-electron chi connectivity index (χ1n) is 9.61. The van der Waals surface area contributed by atoms with Crippen LogP contribution in [0.25, 0.3) is 0 Å². The van der Waals surface area contributed by atoms with E-state index in [2.05, 4.69) is 25.7 Å². The summed E-state index contributed by atoms with van der Waals surface area (Å²) in [7, 11) is 0. The fraction of sp³-hybridized carbons (Fsp3) is 0.350. The number of allylic oxidation sites excluding steroid dienone is 2. The van der Waals surface area contributed by atoms with Gasteiger partial charge in [0.05, 0.1) is 0 Å². The molecule has 0 saturated carbocycles. The number of ether oxygens (including phenoxy) is 1. The fourth-order valence-electron chi connectivity index (χ4n) is 2.46. The number of urea groups is 1. The summed E-state index contributed by atoms with van der Waals surface area (Å²) < 4.78 is 42.0. The van der Waals surface area contributed by atoms with E-state index in [0.29, 0.717) is 13.0 Å². The van der Waals surface area contributed by atoms with Crippen LogP contribution in [0.2, 0.25) is 0 Å². The van der Waals surface area contributed by atoms with Crippen LogP contribution in [-0.4, -0.2) is 46.1 Å². The van der Waals surface area contributed by atoms with Gasteiger partial charge in [0.25, 0.3) is 5.91 Å². The molecule has 2 rings (SSSR count). The predicted octanol–water partition coefficient (Wildman–Crippen LogP) is 3.50. The van der Waals surface area contributed by atoms with Gasteiger partial charge in [-0.3, -0.25) is 10.1 Å². The molecule has 1 heterocycles. The summed E-state index contributed by atoms with van der Waals surface area (Å²) in [6.07, 6.45) is -1.06. The van der Waals surface area contributed by atoms with Crippen LogP contribution in [0.5, 0.6) is 5.75 Å². The Morgan fingerprint density at radius 2 is 1.88 bits per heavy atom. The third-order valence-electron chi connectivity index (χ3n) is 3.88. The van der Waals surface area contributed by atoms with Crippen molar-refractivity contribution in [3.63, 3.8) is 0 Å². The summed E-state index contributed by atoms with van der Waals surface area (Å²) in [5.41, 5.74) is 1.25. The van der Waals surface area contributed by atoms with Crippen LogP contribution in [0.3, 0.4) is 0 Å². The van der Waals surface area contributed by atoms with Crippen molar-refractivity contribution in [1.29, 1.82) is 0 Å². The number of amides is 3. The number of aliphatic hydroxyl groups is 1. The lowest BCUT2D eigenvalue weighted by atomic mass is 10.3. The molecule has 1 aromatic heterocycles. The second-order valence-corrected chi connectivity index (χ2v) is 6.87. The molecule has 0 unspecified atom stereocenters. The molecule has 0 atom stereocenters. The largest absolute Gasteiger partial charge is 0.573 e. The molecule has 0 saturated heterocycles. The number of nitrogens with one attached hydrogen (secondary N) is 3. The number of hydrogen-bond acceptors (Lipinski definition) is 5. The maximum absolute atomic E-state index is 12.4. The van der Waals surface area contributed by atoms with Gasteiger partial charge in [-0.25, -0.2) is 9.78 Å². The molecule has 0 fully saturated rings. The van der Waals surface area contributed by atoms with E-state index in [0.717, 1.165) is 17.7 Å². The van der Waals surface area contributed by atoms with Crippen molar-refractivity contribution in [3.05, 3.63) is 47.9 Å². The number of carbonyl (C=O) groups is 2. The van der Waals surface area contributed by atoms with Crippen LogP contribution in [-0.2, 0) is 6.54 Å². The van der Waals surface area contributed by atoms with Gasteiger partial charge in [0.15, 0.2) is 5.82 Å². The number of alkyl halides is 3. The van der Waals surface area contributed by atoms with E-state index in [1.54, 1.807) is 4.57 Å². The number of nitrogens with zero attached hydrogens (tertiary/aromatic N) is 2. The predicted molar refractivity (Wildman–Crippen MR) is 111 cm³/mol. The van der Waals surface area contributed by atoms with Crippen LogP contribution in [0, 0.1) is 0 Å². The van der Waals surface area contributed by atoms with E-state index in [1.807, 2.05) is 19.9 Å². The van der Waals surface area contributed by atoms with Gasteiger partial charge >= 0.3 is 12.4 Å². The standard InChI is InChI=1S/C20H24F3N5O4/c1-13(2)8-10-28-12-16(26-17(28)18(30)24-9-3-11-29)27-19(31)25-14-4-6-15(7-5-14)32-20(21,22)23/h4-8,12,29H,3,9-11H2,1-2H3,(H,24,30)(H2,25,27,31). The number of carbonyl (C=O) groups excluding carboxylic acids is 2. The second kappa shape index (κ2) is 11.2. The van der Waals surface area contributed by atoms with Gasteiger partial charge in [-0.2, -0.15) is 0 Å². The molecule has 32 heavy (non-hydrogen) atoms. The molecule has 0 aliphatic rings. The average Bonchev–Trinajstić information content (AvgIpc) is 3.09. The number of anilines is 2. The Labute approximate surface area is 182 Å². The van der Waals surface area contributed by atoms with Gasteiger partial charge in [-0.05, 0) is 44.5 Å². The maximum Gasteiger partial charge on any atom is 0.573 e. The highest BCUT2D eigenvalue weighted by molar-refractivity contribution is 5.99. The van der Waals surface area contributed by atoms with Crippen LogP contribution in [0.4, 0.5) is 29.5 Å². The normalized spacial score (nSPS) is 10.9. The first-order chi connectivity index (χ1) is 15.1. The number of hydrogen-bond donors (Lipinski definition) is 4. The van der Waals surface area contributed by atoms with Crippen molar-refractivity contribution in [2.45, 2.75) is 33.2 Å². The number of imidazole rings is 1. The number of benzene rings is 1. The zero-order chi connectivity index (χ0) is 23.7. The number of halogens is 3. The lowest BCUT2D eigenvalue weighted by Crippen LogP contribution is -2.28. The molecule has 1 aromatic carbocycles. The first-order valence-corrected chi connectivity index (χ1v) is 9.61. The third-order valence-corrected chi connectivity index (χ3v) is 3.88. The minimum Gasteiger partial charge on any atom is -0.406 e. The number of aromatic nitrogens is 2. The van der Waals surface area contributed by atoms with Crippen molar-refractivity contribution in [2.75, 3.05) is 23.8 Å². The number of aliphatic hydroxyl groups excluding tert-OH is 1. The Morgan fingerprint density at radius 1 is 1.19 bits per heavy atom. The van der Waals surface area contributed by atoms with E-state index in [9.17, 15) is 22.8 Å². The quantitative estimate of drug-likeness (QED) is 0.341. The molecular formula is C20H24F3N5O4. The van der Waals surface area contributed by atoms with Gasteiger partial charge in [0.1, 0.15) is 5.75 Å². The molecule has 9 nitrogen and oxygen atoms in total. The van der Waals surface area contributed by atoms with Crippen LogP contribution < -0.4 is 20.7 Å². The Morgan fingerprint density at radius 3 is 2.47 bits per heavy atom. The van der Waals surface area contributed by atoms with Gasteiger partial charge < -0.3 is 25.0 Å². The van der Waals surface area contributed by atoms with Gasteiger partial charge in [-0.15, -0.1) is 13.2 Å². The first kappa shape index (κ1) is 24.7. The molecule has 2 aromatic rings. The Hall–Kier alpha value is -3.54. The van der Waals surface area contributed by atoms with Crippen LogP contribution in [0.15, 0.2) is 42.1 Å². The fourth-order valence-corrected chi connectivity index (χ4v) is 2.46. The lowest BCUT2D eigenvalue weighted by molar-refractivity contribution is -0.274. The minimum atomic E-state index is -4.81. The minimum absolute atomic E-state index is 0.0667. The SMILES string of the molecule is CC(C)=CCn1cc(NC(=O)Nc2ccc(OC(F)(F)F)cc2)nc1C(=O)NCCCO. The van der Waals surface area contributed by atoms with Gasteiger partial charge in [0, 0.05) is 31.6 Å². The Kier molecular flexibility index (Phi) is 8.64. The molecule has 4 N–H and O–H groups in total. The maximum atomic E-state index is 12.4. The summed E-state index contributed by atoms with van der Waals surface area (Å²) in [6.45, 7) is 4.35. The monoisotopic (exact) mass is 455 g/mol.